The highest BCUT2D eigenvalue weighted by molar-refractivity contribution is 5.51. The van der Waals surface area contributed by atoms with Crippen LogP contribution in [0.3, 0.4) is 0 Å². The highest BCUT2D eigenvalue weighted by Gasteiger charge is 2.17. The lowest BCUT2D eigenvalue weighted by molar-refractivity contribution is 0.413. The maximum absolute atomic E-state index is 5.69. The third-order valence-electron chi connectivity index (χ3n) is 4.53. The smallest absolute Gasteiger partial charge is 0.135 e. The molecule has 1 heterocycles. The highest BCUT2D eigenvalue weighted by Crippen LogP contribution is 2.24. The van der Waals surface area contributed by atoms with Crippen molar-refractivity contribution in [2.75, 3.05) is 7.11 Å². The summed E-state index contributed by atoms with van der Waals surface area (Å²) in [7, 11) is 3.52. The van der Waals surface area contributed by atoms with Crippen molar-refractivity contribution < 1.29 is 4.74 Å². The first-order valence-electron chi connectivity index (χ1n) is 9.28. The first kappa shape index (κ1) is 20.2. The Hall–Kier alpha value is -3.09. The van der Waals surface area contributed by atoms with E-state index in [9.17, 15) is 0 Å². The quantitative estimate of drug-likeness (QED) is 0.538. The van der Waals surface area contributed by atoms with Crippen molar-refractivity contribution in [2.24, 2.45) is 7.05 Å². The predicted octanol–water partition coefficient (Wildman–Crippen LogP) is 4.50. The Bertz CT molecular complexity index is 913. The number of nitrogens with zero attached hydrogens (tertiary/aromatic N) is 2. The number of benzene rings is 1. The maximum atomic E-state index is 5.69. The van der Waals surface area contributed by atoms with Gasteiger partial charge in [0.05, 0.1) is 30.6 Å². The zero-order valence-corrected chi connectivity index (χ0v) is 16.4. The first-order chi connectivity index (χ1) is 13.1. The SMILES string of the molecule is C#Cc1ccc(C#CC(CCCCCC)c2ncn(C)c2C#C)cc1OC. The minimum absolute atomic E-state index is 0.00686. The van der Waals surface area contributed by atoms with E-state index in [4.69, 9.17) is 17.6 Å². The van der Waals surface area contributed by atoms with Crippen molar-refractivity contribution in [1.29, 1.82) is 0 Å². The minimum Gasteiger partial charge on any atom is -0.495 e. The van der Waals surface area contributed by atoms with E-state index in [1.807, 2.05) is 29.8 Å². The molecule has 0 spiro atoms. The zero-order chi connectivity index (χ0) is 19.6. The van der Waals surface area contributed by atoms with Gasteiger partial charge in [-0.1, -0.05) is 56.3 Å². The molecular weight excluding hydrogens is 332 g/mol. The number of aryl methyl sites for hydroxylation is 1. The topological polar surface area (TPSA) is 27.1 Å². The lowest BCUT2D eigenvalue weighted by Gasteiger charge is -2.10. The second-order valence-electron chi connectivity index (χ2n) is 6.46. The number of methoxy groups -OCH3 is 1. The first-order valence-corrected chi connectivity index (χ1v) is 9.28. The number of terminal acetylenes is 2. The molecular formula is C24H26N2O. The molecule has 0 fully saturated rings. The largest absolute Gasteiger partial charge is 0.495 e. The molecule has 0 aliphatic heterocycles. The van der Waals surface area contributed by atoms with E-state index < -0.39 is 0 Å². The van der Waals surface area contributed by atoms with Crippen LogP contribution in [-0.4, -0.2) is 16.7 Å². The highest BCUT2D eigenvalue weighted by atomic mass is 16.5. The summed E-state index contributed by atoms with van der Waals surface area (Å²) in [5.74, 6) is 12.7. The molecule has 1 aromatic heterocycles. The van der Waals surface area contributed by atoms with Gasteiger partial charge in [-0.3, -0.25) is 0 Å². The number of hydrogen-bond acceptors (Lipinski definition) is 2. The number of unbranched alkanes of at least 4 members (excludes halogenated alkanes) is 3. The van der Waals surface area contributed by atoms with Gasteiger partial charge in [0.15, 0.2) is 0 Å². The molecule has 0 saturated heterocycles. The summed E-state index contributed by atoms with van der Waals surface area (Å²) in [6, 6.07) is 5.64. The van der Waals surface area contributed by atoms with E-state index in [1.165, 1.54) is 19.3 Å². The van der Waals surface area contributed by atoms with E-state index in [2.05, 4.69) is 35.6 Å². The number of ether oxygens (including phenoxy) is 1. The molecule has 2 aromatic rings. The molecule has 1 atom stereocenters. The average Bonchev–Trinajstić information content (AvgIpc) is 3.07. The lowest BCUT2D eigenvalue weighted by Crippen LogP contribution is -2.02. The van der Waals surface area contributed by atoms with Crippen LogP contribution < -0.4 is 4.74 Å². The summed E-state index contributed by atoms with van der Waals surface area (Å²) in [6.07, 6.45) is 18.6. The number of rotatable bonds is 7. The van der Waals surface area contributed by atoms with Crippen LogP contribution in [0, 0.1) is 36.5 Å². The molecule has 0 bridgehead atoms. The van der Waals surface area contributed by atoms with Crippen molar-refractivity contribution >= 4 is 0 Å². The van der Waals surface area contributed by atoms with Crippen LogP contribution in [0.15, 0.2) is 24.5 Å². The van der Waals surface area contributed by atoms with Gasteiger partial charge in [-0.05, 0) is 24.6 Å². The van der Waals surface area contributed by atoms with Crippen molar-refractivity contribution in [3.63, 3.8) is 0 Å². The Balaban J connectivity index is 2.31. The zero-order valence-electron chi connectivity index (χ0n) is 16.4. The Labute approximate surface area is 163 Å². The summed E-state index contributed by atoms with van der Waals surface area (Å²) in [5.41, 5.74) is 3.27. The summed E-state index contributed by atoms with van der Waals surface area (Å²) >= 11 is 0. The summed E-state index contributed by atoms with van der Waals surface area (Å²) in [6.45, 7) is 2.21. The van der Waals surface area contributed by atoms with E-state index in [0.29, 0.717) is 5.75 Å². The van der Waals surface area contributed by atoms with Gasteiger partial charge in [-0.25, -0.2) is 4.98 Å². The predicted molar refractivity (Wildman–Crippen MR) is 110 cm³/mol. The van der Waals surface area contributed by atoms with Gasteiger partial charge in [-0.2, -0.15) is 0 Å². The Morgan fingerprint density at radius 1 is 1.19 bits per heavy atom. The molecule has 0 aliphatic carbocycles. The Kier molecular flexibility index (Phi) is 7.61. The van der Waals surface area contributed by atoms with Gasteiger partial charge >= 0.3 is 0 Å². The third kappa shape index (κ3) is 5.20. The van der Waals surface area contributed by atoms with Gasteiger partial charge in [0, 0.05) is 12.6 Å². The summed E-state index contributed by atoms with van der Waals surface area (Å²) in [5, 5.41) is 0. The Morgan fingerprint density at radius 2 is 2.00 bits per heavy atom. The fraction of sp³-hybridized carbons (Fsp3) is 0.375. The Morgan fingerprint density at radius 3 is 2.67 bits per heavy atom. The van der Waals surface area contributed by atoms with E-state index in [0.717, 1.165) is 35.4 Å². The fourth-order valence-electron chi connectivity index (χ4n) is 2.99. The summed E-state index contributed by atoms with van der Waals surface area (Å²) in [4.78, 5) is 4.53. The minimum atomic E-state index is 0.00686. The second kappa shape index (κ2) is 10.2. The number of hydrogen-bond donors (Lipinski definition) is 0. The normalized spacial score (nSPS) is 11.0. The van der Waals surface area contributed by atoms with Crippen LogP contribution >= 0.6 is 0 Å². The van der Waals surface area contributed by atoms with Crippen LogP contribution in [0.5, 0.6) is 5.75 Å². The van der Waals surface area contributed by atoms with Gasteiger partial charge in [0.1, 0.15) is 11.4 Å². The number of imidazole rings is 1. The molecule has 2 rings (SSSR count). The van der Waals surface area contributed by atoms with Gasteiger partial charge in [-0.15, -0.1) is 12.8 Å². The van der Waals surface area contributed by atoms with Crippen LogP contribution in [-0.2, 0) is 7.05 Å². The molecule has 0 amide bonds. The molecule has 0 N–H and O–H groups in total. The van der Waals surface area contributed by atoms with E-state index in [1.54, 1.807) is 13.4 Å². The van der Waals surface area contributed by atoms with Gasteiger partial charge < -0.3 is 9.30 Å². The molecule has 1 unspecified atom stereocenters. The van der Waals surface area contributed by atoms with Crippen molar-refractivity contribution in [1.82, 2.24) is 9.55 Å². The second-order valence-corrected chi connectivity index (χ2v) is 6.46. The monoisotopic (exact) mass is 358 g/mol. The van der Waals surface area contributed by atoms with Crippen molar-refractivity contribution in [2.45, 2.75) is 44.9 Å². The van der Waals surface area contributed by atoms with E-state index >= 15 is 0 Å². The molecule has 138 valence electrons. The molecule has 27 heavy (non-hydrogen) atoms. The molecule has 0 aliphatic rings. The lowest BCUT2D eigenvalue weighted by atomic mass is 9.96. The van der Waals surface area contributed by atoms with Crippen LogP contribution in [0.1, 0.15) is 67.5 Å². The van der Waals surface area contributed by atoms with Gasteiger partial charge in [0.2, 0.25) is 0 Å². The molecule has 0 radical (unpaired) electrons. The van der Waals surface area contributed by atoms with E-state index in [-0.39, 0.29) is 5.92 Å². The fourth-order valence-corrected chi connectivity index (χ4v) is 2.99. The molecule has 0 saturated carbocycles. The van der Waals surface area contributed by atoms with Crippen molar-refractivity contribution in [3.05, 3.63) is 47.0 Å². The molecule has 3 nitrogen and oxygen atoms in total. The maximum Gasteiger partial charge on any atom is 0.135 e. The van der Waals surface area contributed by atoms with Crippen molar-refractivity contribution in [3.8, 4) is 42.3 Å². The third-order valence-corrected chi connectivity index (χ3v) is 4.53. The number of aromatic nitrogens is 2. The molecule has 1 aromatic carbocycles. The van der Waals surface area contributed by atoms with Crippen LogP contribution in [0.4, 0.5) is 0 Å². The molecule has 3 heteroatoms. The van der Waals surface area contributed by atoms with Crippen LogP contribution in [0.2, 0.25) is 0 Å². The van der Waals surface area contributed by atoms with Crippen LogP contribution in [0.25, 0.3) is 0 Å². The average molecular weight is 358 g/mol. The summed E-state index contributed by atoms with van der Waals surface area (Å²) < 4.78 is 7.22. The standard InChI is InChI=1S/C24H26N2O/c1-6-9-10-11-12-21(24-22(8-3)26(4)18-25-24)16-14-19-13-15-20(7-2)23(17-19)27-5/h2-3,13,15,17-18,21H,6,9-12H2,1,4-5H3. The van der Waals surface area contributed by atoms with Gasteiger partial charge in [0.25, 0.3) is 0 Å².